The molecule has 5 heteroatoms. The largest absolute Gasteiger partial charge is 0.465 e. The van der Waals surface area contributed by atoms with Crippen LogP contribution in [0.2, 0.25) is 0 Å². The van der Waals surface area contributed by atoms with Crippen LogP contribution in [0.4, 0.5) is 0 Å². The average Bonchev–Trinajstić information content (AvgIpc) is 2.30. The molecule has 1 N–H and O–H groups in total. The molecule has 1 unspecified atom stereocenters. The zero-order valence-corrected chi connectivity index (χ0v) is 13.0. The fourth-order valence-corrected chi connectivity index (χ4v) is 1.94. The van der Waals surface area contributed by atoms with E-state index in [1.165, 1.54) is 0 Å². The number of rotatable bonds is 5. The highest BCUT2D eigenvalue weighted by molar-refractivity contribution is 9.13. The van der Waals surface area contributed by atoms with Gasteiger partial charge in [0, 0.05) is 15.5 Å². The molecule has 94 valence electrons. The topological polar surface area (TPSA) is 38.3 Å². The fourth-order valence-electron chi connectivity index (χ4n) is 1.27. The summed E-state index contributed by atoms with van der Waals surface area (Å²) in [6.07, 6.45) is 0. The maximum Gasteiger partial charge on any atom is 0.322 e. The molecule has 3 nitrogen and oxygen atoms in total. The summed E-state index contributed by atoms with van der Waals surface area (Å²) in [7, 11) is 0. The van der Waals surface area contributed by atoms with Crippen molar-refractivity contribution in [1.29, 1.82) is 0 Å². The van der Waals surface area contributed by atoms with Gasteiger partial charge in [0.1, 0.15) is 6.04 Å². The molecule has 0 bridgehead atoms. The van der Waals surface area contributed by atoms with Crippen LogP contribution in [0.3, 0.4) is 0 Å². The quantitative estimate of drug-likeness (QED) is 0.815. The van der Waals surface area contributed by atoms with E-state index in [1.807, 2.05) is 18.2 Å². The Labute approximate surface area is 118 Å². The van der Waals surface area contributed by atoms with Gasteiger partial charge in [0.25, 0.3) is 0 Å². The zero-order chi connectivity index (χ0) is 12.8. The first-order chi connectivity index (χ1) is 8.04. The Morgan fingerprint density at radius 1 is 1.41 bits per heavy atom. The second kappa shape index (κ2) is 7.13. The monoisotopic (exact) mass is 363 g/mol. The Kier molecular flexibility index (Phi) is 6.16. The molecule has 0 heterocycles. The van der Waals surface area contributed by atoms with Gasteiger partial charge >= 0.3 is 5.97 Å². The lowest BCUT2D eigenvalue weighted by Gasteiger charge is -2.12. The van der Waals surface area contributed by atoms with Crippen LogP contribution in [0.1, 0.15) is 19.4 Å². The van der Waals surface area contributed by atoms with Crippen LogP contribution in [-0.4, -0.2) is 18.6 Å². The van der Waals surface area contributed by atoms with Gasteiger partial charge in [0.15, 0.2) is 0 Å². The minimum absolute atomic E-state index is 0.219. The summed E-state index contributed by atoms with van der Waals surface area (Å²) in [6.45, 7) is 4.64. The van der Waals surface area contributed by atoms with Crippen LogP contribution in [0, 0.1) is 0 Å². The fraction of sp³-hybridized carbons (Fsp3) is 0.417. The molecule has 1 aromatic carbocycles. The molecule has 0 aliphatic heterocycles. The smallest absolute Gasteiger partial charge is 0.322 e. The highest BCUT2D eigenvalue weighted by atomic mass is 79.9. The molecular formula is C12H15Br2NO2. The van der Waals surface area contributed by atoms with Crippen molar-refractivity contribution in [3.05, 3.63) is 32.7 Å². The van der Waals surface area contributed by atoms with E-state index < -0.39 is 0 Å². The van der Waals surface area contributed by atoms with Crippen molar-refractivity contribution >= 4 is 37.8 Å². The van der Waals surface area contributed by atoms with Gasteiger partial charge in [-0.3, -0.25) is 4.79 Å². The summed E-state index contributed by atoms with van der Waals surface area (Å²) in [4.78, 5) is 11.4. The van der Waals surface area contributed by atoms with E-state index in [1.54, 1.807) is 13.8 Å². The minimum Gasteiger partial charge on any atom is -0.465 e. The van der Waals surface area contributed by atoms with Gasteiger partial charge < -0.3 is 10.1 Å². The lowest BCUT2D eigenvalue weighted by Crippen LogP contribution is -2.34. The lowest BCUT2D eigenvalue weighted by molar-refractivity contribution is -0.145. The van der Waals surface area contributed by atoms with Crippen molar-refractivity contribution in [3.63, 3.8) is 0 Å². The maximum absolute atomic E-state index is 11.4. The maximum atomic E-state index is 11.4. The number of halogens is 2. The van der Waals surface area contributed by atoms with Gasteiger partial charge in [0.05, 0.1) is 6.61 Å². The normalized spacial score (nSPS) is 12.2. The highest BCUT2D eigenvalue weighted by Crippen LogP contribution is 2.23. The number of hydrogen-bond acceptors (Lipinski definition) is 3. The standard InChI is InChI=1S/C12H15Br2NO2/c1-3-17-12(16)8(2)15-7-9-4-5-10(13)11(14)6-9/h4-6,8,15H,3,7H2,1-2H3. The van der Waals surface area contributed by atoms with Crippen molar-refractivity contribution in [2.45, 2.75) is 26.4 Å². The molecule has 0 aromatic heterocycles. The van der Waals surface area contributed by atoms with Crippen molar-refractivity contribution in [3.8, 4) is 0 Å². The van der Waals surface area contributed by atoms with Gasteiger partial charge in [-0.25, -0.2) is 0 Å². The van der Waals surface area contributed by atoms with Crippen LogP contribution in [0.15, 0.2) is 27.1 Å². The Hall–Kier alpha value is -0.390. The average molecular weight is 365 g/mol. The summed E-state index contributed by atoms with van der Waals surface area (Å²) in [5.41, 5.74) is 1.11. The lowest BCUT2D eigenvalue weighted by atomic mass is 10.2. The molecule has 0 saturated carbocycles. The molecule has 0 amide bonds. The number of carbonyl (C=O) groups is 1. The Bertz CT molecular complexity index is 396. The molecule has 0 fully saturated rings. The Morgan fingerprint density at radius 3 is 2.71 bits per heavy atom. The van der Waals surface area contributed by atoms with Crippen LogP contribution in [-0.2, 0) is 16.1 Å². The molecule has 0 radical (unpaired) electrons. The third kappa shape index (κ3) is 4.77. The van der Waals surface area contributed by atoms with E-state index >= 15 is 0 Å². The molecule has 0 aliphatic rings. The molecular weight excluding hydrogens is 350 g/mol. The van der Waals surface area contributed by atoms with Crippen LogP contribution < -0.4 is 5.32 Å². The first kappa shape index (κ1) is 14.7. The Balaban J connectivity index is 2.50. The molecule has 0 saturated heterocycles. The summed E-state index contributed by atoms with van der Waals surface area (Å²) >= 11 is 6.85. The summed E-state index contributed by atoms with van der Waals surface area (Å²) < 4.78 is 6.93. The molecule has 1 rings (SSSR count). The number of ether oxygens (including phenoxy) is 1. The van der Waals surface area contributed by atoms with Gasteiger partial charge in [-0.2, -0.15) is 0 Å². The predicted molar refractivity (Wildman–Crippen MR) is 74.8 cm³/mol. The van der Waals surface area contributed by atoms with Crippen LogP contribution >= 0.6 is 31.9 Å². The first-order valence-electron chi connectivity index (χ1n) is 5.38. The van der Waals surface area contributed by atoms with E-state index in [9.17, 15) is 4.79 Å². The summed E-state index contributed by atoms with van der Waals surface area (Å²) in [5, 5.41) is 3.12. The van der Waals surface area contributed by atoms with E-state index in [0.29, 0.717) is 13.2 Å². The van der Waals surface area contributed by atoms with Gasteiger partial charge in [-0.15, -0.1) is 0 Å². The number of esters is 1. The molecule has 1 aromatic rings. The van der Waals surface area contributed by atoms with Crippen molar-refractivity contribution < 1.29 is 9.53 Å². The number of hydrogen-bond donors (Lipinski definition) is 1. The zero-order valence-electron chi connectivity index (χ0n) is 9.80. The third-order valence-electron chi connectivity index (χ3n) is 2.24. The molecule has 17 heavy (non-hydrogen) atoms. The van der Waals surface area contributed by atoms with Crippen molar-refractivity contribution in [2.24, 2.45) is 0 Å². The molecule has 1 atom stereocenters. The summed E-state index contributed by atoms with van der Waals surface area (Å²) in [6, 6.07) is 5.68. The second-order valence-corrected chi connectivity index (χ2v) is 5.31. The predicted octanol–water partition coefficient (Wildman–Crippen LogP) is 3.25. The second-order valence-electron chi connectivity index (χ2n) is 3.60. The number of benzene rings is 1. The van der Waals surface area contributed by atoms with Crippen molar-refractivity contribution in [1.82, 2.24) is 5.32 Å². The SMILES string of the molecule is CCOC(=O)C(C)NCc1ccc(Br)c(Br)c1. The first-order valence-corrected chi connectivity index (χ1v) is 6.97. The van der Waals surface area contributed by atoms with E-state index in [0.717, 1.165) is 14.5 Å². The number of carbonyl (C=O) groups excluding carboxylic acids is 1. The van der Waals surface area contributed by atoms with Crippen LogP contribution in [0.5, 0.6) is 0 Å². The molecule has 0 spiro atoms. The van der Waals surface area contributed by atoms with E-state index in [-0.39, 0.29) is 12.0 Å². The van der Waals surface area contributed by atoms with Crippen molar-refractivity contribution in [2.75, 3.05) is 6.61 Å². The van der Waals surface area contributed by atoms with Crippen LogP contribution in [0.25, 0.3) is 0 Å². The summed E-state index contributed by atoms with van der Waals surface area (Å²) in [5.74, 6) is -0.219. The van der Waals surface area contributed by atoms with E-state index in [2.05, 4.69) is 37.2 Å². The highest BCUT2D eigenvalue weighted by Gasteiger charge is 2.12. The third-order valence-corrected chi connectivity index (χ3v) is 4.12. The molecule has 0 aliphatic carbocycles. The van der Waals surface area contributed by atoms with Gasteiger partial charge in [-0.1, -0.05) is 6.07 Å². The minimum atomic E-state index is -0.294. The van der Waals surface area contributed by atoms with Gasteiger partial charge in [0.2, 0.25) is 0 Å². The number of nitrogens with one attached hydrogen (secondary N) is 1. The Morgan fingerprint density at radius 2 is 2.12 bits per heavy atom. The van der Waals surface area contributed by atoms with Gasteiger partial charge in [-0.05, 0) is 63.4 Å². The van der Waals surface area contributed by atoms with E-state index in [4.69, 9.17) is 4.74 Å².